The molecule has 112 valence electrons. The highest BCUT2D eigenvalue weighted by molar-refractivity contribution is 7.91. The van der Waals surface area contributed by atoms with Crippen molar-refractivity contribution in [2.45, 2.75) is 5.75 Å². The predicted molar refractivity (Wildman–Crippen MR) is 84.0 cm³/mol. The van der Waals surface area contributed by atoms with Gasteiger partial charge in [0.2, 0.25) is 10.0 Å². The number of para-hydroxylation sites is 1. The largest absolute Gasteiger partial charge is 0.256 e. The summed E-state index contributed by atoms with van der Waals surface area (Å²) in [6, 6.07) is 18.3. The van der Waals surface area contributed by atoms with Crippen LogP contribution in [-0.4, -0.2) is 23.2 Å². The molecule has 0 aliphatic carbocycles. The lowest BCUT2D eigenvalue weighted by molar-refractivity contribution is 0.600. The second-order valence-corrected chi connectivity index (χ2v) is 6.42. The number of sulfonamides is 1. The minimum Gasteiger partial charge on any atom is -0.250 e. The van der Waals surface area contributed by atoms with Crippen molar-refractivity contribution < 1.29 is 8.42 Å². The monoisotopic (exact) mass is 314 g/mol. The van der Waals surface area contributed by atoms with Crippen LogP contribution in [0, 0.1) is 0 Å². The van der Waals surface area contributed by atoms with Crippen molar-refractivity contribution in [1.82, 2.24) is 14.8 Å². The number of rotatable bonds is 5. The number of benzene rings is 2. The van der Waals surface area contributed by atoms with Gasteiger partial charge in [0.15, 0.2) is 0 Å². The van der Waals surface area contributed by atoms with Crippen LogP contribution in [0.5, 0.6) is 0 Å². The third kappa shape index (κ3) is 3.50. The van der Waals surface area contributed by atoms with Gasteiger partial charge in [0.1, 0.15) is 6.33 Å². The van der Waals surface area contributed by atoms with Gasteiger partial charge in [-0.25, -0.2) is 17.8 Å². The fraction of sp³-hybridized carbons (Fsp3) is 0.0667. The van der Waals surface area contributed by atoms with Gasteiger partial charge < -0.3 is 0 Å². The fourth-order valence-corrected chi connectivity index (χ4v) is 3.06. The van der Waals surface area contributed by atoms with Gasteiger partial charge in [-0.1, -0.05) is 48.5 Å². The molecule has 7 heteroatoms. The summed E-state index contributed by atoms with van der Waals surface area (Å²) >= 11 is 0. The number of anilines is 1. The molecule has 0 amide bonds. The first-order chi connectivity index (χ1) is 10.6. The molecular formula is C15H14N4O2S. The first-order valence-electron chi connectivity index (χ1n) is 6.64. The van der Waals surface area contributed by atoms with E-state index >= 15 is 0 Å². The van der Waals surface area contributed by atoms with Crippen molar-refractivity contribution in [3.63, 3.8) is 0 Å². The zero-order valence-corrected chi connectivity index (χ0v) is 12.4. The van der Waals surface area contributed by atoms with Gasteiger partial charge >= 0.3 is 0 Å². The maximum absolute atomic E-state index is 12.1. The maximum atomic E-state index is 12.1. The first-order valence-corrected chi connectivity index (χ1v) is 8.29. The Morgan fingerprint density at radius 2 is 1.59 bits per heavy atom. The summed E-state index contributed by atoms with van der Waals surface area (Å²) in [6.07, 6.45) is 1.47. The lowest BCUT2D eigenvalue weighted by atomic mass is 10.2. The van der Waals surface area contributed by atoms with Crippen LogP contribution < -0.4 is 4.72 Å². The Bertz CT molecular complexity index is 846. The Labute approximate surface area is 128 Å². The molecule has 1 N–H and O–H groups in total. The average Bonchev–Trinajstić information content (AvgIpc) is 2.96. The number of hydrogen-bond acceptors (Lipinski definition) is 4. The quantitative estimate of drug-likeness (QED) is 0.783. The van der Waals surface area contributed by atoms with Crippen LogP contribution in [0.4, 0.5) is 5.95 Å². The van der Waals surface area contributed by atoms with Crippen molar-refractivity contribution in [3.05, 3.63) is 72.6 Å². The number of nitrogens with one attached hydrogen (secondary N) is 1. The van der Waals surface area contributed by atoms with Gasteiger partial charge in [-0.15, -0.1) is 5.10 Å². The van der Waals surface area contributed by atoms with Gasteiger partial charge in [0.05, 0.1) is 11.4 Å². The molecule has 2 aromatic carbocycles. The molecule has 3 rings (SSSR count). The molecule has 1 aromatic heterocycles. The number of nitrogens with zero attached hydrogens (tertiary/aromatic N) is 3. The van der Waals surface area contributed by atoms with E-state index < -0.39 is 10.0 Å². The van der Waals surface area contributed by atoms with Crippen LogP contribution >= 0.6 is 0 Å². The summed E-state index contributed by atoms with van der Waals surface area (Å²) in [5, 5.41) is 4.12. The van der Waals surface area contributed by atoms with Crippen LogP contribution in [0.3, 0.4) is 0 Å². The Morgan fingerprint density at radius 1 is 0.955 bits per heavy atom. The summed E-state index contributed by atoms with van der Waals surface area (Å²) in [5.74, 6) is -0.0620. The van der Waals surface area contributed by atoms with Crippen LogP contribution in [0.25, 0.3) is 5.69 Å². The van der Waals surface area contributed by atoms with E-state index in [2.05, 4.69) is 14.8 Å². The fourth-order valence-electron chi connectivity index (χ4n) is 1.98. The van der Waals surface area contributed by atoms with Crippen molar-refractivity contribution in [2.24, 2.45) is 0 Å². The summed E-state index contributed by atoms with van der Waals surface area (Å²) in [4.78, 5) is 3.98. The lowest BCUT2D eigenvalue weighted by Gasteiger charge is -2.04. The van der Waals surface area contributed by atoms with Gasteiger partial charge in [-0.05, 0) is 17.7 Å². The van der Waals surface area contributed by atoms with E-state index in [1.54, 1.807) is 24.3 Å². The van der Waals surface area contributed by atoms with E-state index in [1.807, 2.05) is 36.4 Å². The van der Waals surface area contributed by atoms with E-state index in [4.69, 9.17) is 0 Å². The van der Waals surface area contributed by atoms with Crippen LogP contribution in [0.15, 0.2) is 67.0 Å². The molecule has 6 nitrogen and oxygen atoms in total. The minimum atomic E-state index is -3.54. The van der Waals surface area contributed by atoms with E-state index in [-0.39, 0.29) is 11.7 Å². The molecule has 0 unspecified atom stereocenters. The summed E-state index contributed by atoms with van der Waals surface area (Å²) in [5.41, 5.74) is 1.51. The zero-order valence-electron chi connectivity index (χ0n) is 11.6. The molecule has 0 fully saturated rings. The molecule has 1 heterocycles. The third-order valence-corrected chi connectivity index (χ3v) is 4.17. The Balaban J connectivity index is 1.75. The van der Waals surface area contributed by atoms with Crippen molar-refractivity contribution in [3.8, 4) is 5.69 Å². The molecule has 0 saturated carbocycles. The molecule has 22 heavy (non-hydrogen) atoms. The summed E-state index contributed by atoms with van der Waals surface area (Å²) in [6.45, 7) is 0. The molecule has 0 radical (unpaired) electrons. The van der Waals surface area contributed by atoms with Crippen LogP contribution in [-0.2, 0) is 15.8 Å². The smallest absolute Gasteiger partial charge is 0.250 e. The highest BCUT2D eigenvalue weighted by Gasteiger charge is 2.14. The Morgan fingerprint density at radius 3 is 2.27 bits per heavy atom. The van der Waals surface area contributed by atoms with Gasteiger partial charge in [0.25, 0.3) is 5.95 Å². The Kier molecular flexibility index (Phi) is 3.88. The van der Waals surface area contributed by atoms with Crippen molar-refractivity contribution >= 4 is 16.0 Å². The van der Waals surface area contributed by atoms with E-state index in [0.717, 1.165) is 5.69 Å². The zero-order chi connectivity index (χ0) is 15.4. The van der Waals surface area contributed by atoms with Crippen LogP contribution in [0.1, 0.15) is 5.56 Å². The second-order valence-electron chi connectivity index (χ2n) is 4.70. The van der Waals surface area contributed by atoms with Crippen molar-refractivity contribution in [2.75, 3.05) is 4.72 Å². The second kappa shape index (κ2) is 5.98. The SMILES string of the molecule is O=S(=O)(Cc1ccccc1)Nc1ncn(-c2ccccc2)n1. The van der Waals surface area contributed by atoms with Gasteiger partial charge in [-0.3, -0.25) is 0 Å². The van der Waals surface area contributed by atoms with Gasteiger partial charge in [0, 0.05) is 0 Å². The van der Waals surface area contributed by atoms with Gasteiger partial charge in [-0.2, -0.15) is 4.98 Å². The minimum absolute atomic E-state index is 0.0554. The maximum Gasteiger partial charge on any atom is 0.256 e. The molecule has 3 aromatic rings. The van der Waals surface area contributed by atoms with E-state index in [1.165, 1.54) is 11.0 Å². The molecule has 0 bridgehead atoms. The normalized spacial score (nSPS) is 11.3. The summed E-state index contributed by atoms with van der Waals surface area (Å²) in [7, 11) is -3.54. The molecular weight excluding hydrogens is 300 g/mol. The molecule has 0 aliphatic heterocycles. The molecule has 0 saturated heterocycles. The topological polar surface area (TPSA) is 76.9 Å². The summed E-state index contributed by atoms with van der Waals surface area (Å²) < 4.78 is 28.1. The first kappa shape index (κ1) is 14.3. The molecule has 0 spiro atoms. The predicted octanol–water partition coefficient (Wildman–Crippen LogP) is 2.21. The Hall–Kier alpha value is -2.67. The van der Waals surface area contributed by atoms with E-state index in [0.29, 0.717) is 5.56 Å². The highest BCUT2D eigenvalue weighted by Crippen LogP contribution is 2.11. The number of aromatic nitrogens is 3. The van der Waals surface area contributed by atoms with E-state index in [9.17, 15) is 8.42 Å². The van der Waals surface area contributed by atoms with Crippen molar-refractivity contribution in [1.29, 1.82) is 0 Å². The number of hydrogen-bond donors (Lipinski definition) is 1. The van der Waals surface area contributed by atoms with Crippen LogP contribution in [0.2, 0.25) is 0 Å². The molecule has 0 atom stereocenters. The third-order valence-electron chi connectivity index (χ3n) is 2.96. The average molecular weight is 314 g/mol. The molecule has 0 aliphatic rings. The lowest BCUT2D eigenvalue weighted by Crippen LogP contribution is -2.16. The standard InChI is InChI=1S/C15H14N4O2S/c20-22(21,11-13-7-3-1-4-8-13)18-15-16-12-19(17-15)14-9-5-2-6-10-14/h1-10,12H,11H2,(H,17,18). The highest BCUT2D eigenvalue weighted by atomic mass is 32.2.